The average Bonchev–Trinajstić information content (AvgIpc) is 3.43. The summed E-state index contributed by atoms with van der Waals surface area (Å²) in [6.07, 6.45) is 2.21. The summed E-state index contributed by atoms with van der Waals surface area (Å²) in [6, 6.07) is 17.1. The Morgan fingerprint density at radius 2 is 1.97 bits per heavy atom. The lowest BCUT2D eigenvalue weighted by molar-refractivity contribution is 0.0887. The van der Waals surface area contributed by atoms with Crippen LogP contribution in [0.4, 0.5) is 0 Å². The Labute approximate surface area is 174 Å². The maximum Gasteiger partial charge on any atom is 0.269 e. The van der Waals surface area contributed by atoms with Crippen LogP contribution in [-0.2, 0) is 6.54 Å². The highest BCUT2D eigenvalue weighted by Crippen LogP contribution is 2.27. The minimum Gasteiger partial charge on any atom is -0.347 e. The number of benzene rings is 1. The van der Waals surface area contributed by atoms with E-state index < -0.39 is 0 Å². The van der Waals surface area contributed by atoms with E-state index in [0.29, 0.717) is 18.3 Å². The third-order valence-corrected chi connectivity index (χ3v) is 6.65. The molecule has 2 N–H and O–H groups in total. The van der Waals surface area contributed by atoms with Gasteiger partial charge in [0.25, 0.3) is 5.91 Å². The Morgan fingerprint density at radius 3 is 2.72 bits per heavy atom. The van der Waals surface area contributed by atoms with Gasteiger partial charge in [-0.3, -0.25) is 15.0 Å². The molecule has 2 aliphatic heterocycles. The zero-order valence-electron chi connectivity index (χ0n) is 16.3. The van der Waals surface area contributed by atoms with Crippen LogP contribution in [0.5, 0.6) is 0 Å². The van der Waals surface area contributed by atoms with Gasteiger partial charge in [-0.1, -0.05) is 36.4 Å². The van der Waals surface area contributed by atoms with E-state index in [1.165, 1.54) is 5.56 Å². The van der Waals surface area contributed by atoms with Crippen molar-refractivity contribution in [2.45, 2.75) is 31.6 Å². The first-order valence-electron chi connectivity index (χ1n) is 10.2. The molecule has 1 fully saturated rings. The summed E-state index contributed by atoms with van der Waals surface area (Å²) in [4.78, 5) is 15.9. The van der Waals surface area contributed by atoms with E-state index in [2.05, 4.69) is 45.9 Å². The molecule has 0 saturated carbocycles. The number of aromatic nitrogens is 2. The molecule has 2 aromatic heterocycles. The molecule has 0 aliphatic carbocycles. The van der Waals surface area contributed by atoms with E-state index in [1.54, 1.807) is 11.3 Å². The maximum atomic E-state index is 12.3. The first-order valence-corrected chi connectivity index (χ1v) is 11.1. The molecular formula is C22H25N5OS. The lowest BCUT2D eigenvalue weighted by Crippen LogP contribution is -2.50. The summed E-state index contributed by atoms with van der Waals surface area (Å²) in [7, 11) is 0. The largest absolute Gasteiger partial charge is 0.347 e. The standard InChI is InChI=1S/C22H25N5OS/c28-22-19-13-18(20-7-4-12-29-20)25-27(19)21(14-23-22)24-17-8-10-26(11-9-17)15-16-5-2-1-3-6-16/h1-7,12-13,17,21,24H,8-11,14-15H2,(H,23,28)/t21-/m1/s1. The van der Waals surface area contributed by atoms with Gasteiger partial charge in [0.1, 0.15) is 17.6 Å². The number of hydrogen-bond donors (Lipinski definition) is 2. The van der Waals surface area contributed by atoms with Gasteiger partial charge in [-0.2, -0.15) is 5.10 Å². The Bertz CT molecular complexity index is 961. The van der Waals surface area contributed by atoms with Gasteiger partial charge >= 0.3 is 0 Å². The van der Waals surface area contributed by atoms with Crippen molar-refractivity contribution in [3.63, 3.8) is 0 Å². The monoisotopic (exact) mass is 407 g/mol. The van der Waals surface area contributed by atoms with Crippen LogP contribution in [0, 0.1) is 0 Å². The van der Waals surface area contributed by atoms with Crippen molar-refractivity contribution in [1.29, 1.82) is 0 Å². The van der Waals surface area contributed by atoms with E-state index in [9.17, 15) is 4.79 Å². The third kappa shape index (κ3) is 3.99. The van der Waals surface area contributed by atoms with Gasteiger partial charge in [-0.15, -0.1) is 11.3 Å². The van der Waals surface area contributed by atoms with Gasteiger partial charge < -0.3 is 5.32 Å². The van der Waals surface area contributed by atoms with E-state index in [-0.39, 0.29) is 12.1 Å². The van der Waals surface area contributed by atoms with Crippen molar-refractivity contribution < 1.29 is 4.79 Å². The minimum absolute atomic E-state index is 0.00193. The summed E-state index contributed by atoms with van der Waals surface area (Å²) < 4.78 is 1.88. The van der Waals surface area contributed by atoms with Gasteiger partial charge in [-0.25, -0.2) is 4.68 Å². The van der Waals surface area contributed by atoms with E-state index in [0.717, 1.165) is 43.0 Å². The second-order valence-corrected chi connectivity index (χ2v) is 8.71. The van der Waals surface area contributed by atoms with Crippen LogP contribution in [0.25, 0.3) is 10.6 Å². The summed E-state index contributed by atoms with van der Waals surface area (Å²) in [5.74, 6) is -0.0453. The number of nitrogens with one attached hydrogen (secondary N) is 2. The third-order valence-electron chi connectivity index (χ3n) is 5.76. The van der Waals surface area contributed by atoms with Gasteiger partial charge in [-0.05, 0) is 49.0 Å². The molecule has 1 atom stereocenters. The van der Waals surface area contributed by atoms with E-state index >= 15 is 0 Å². The Kier molecular flexibility index (Phi) is 5.18. The number of piperidine rings is 1. The molecule has 29 heavy (non-hydrogen) atoms. The topological polar surface area (TPSA) is 62.2 Å². The van der Waals surface area contributed by atoms with Crippen LogP contribution in [0.1, 0.15) is 35.1 Å². The average molecular weight is 408 g/mol. The predicted octanol–water partition coefficient (Wildman–Crippen LogP) is 3.11. The van der Waals surface area contributed by atoms with Gasteiger partial charge in [0, 0.05) is 12.6 Å². The fourth-order valence-electron chi connectivity index (χ4n) is 4.21. The molecule has 2 aliphatic rings. The van der Waals surface area contributed by atoms with E-state index in [1.807, 2.05) is 28.3 Å². The number of nitrogens with zero attached hydrogens (tertiary/aromatic N) is 3. The molecule has 0 radical (unpaired) electrons. The Morgan fingerprint density at radius 1 is 1.14 bits per heavy atom. The van der Waals surface area contributed by atoms with Crippen molar-refractivity contribution in [2.75, 3.05) is 19.6 Å². The van der Waals surface area contributed by atoms with Crippen LogP contribution < -0.4 is 10.6 Å². The summed E-state index contributed by atoms with van der Waals surface area (Å²) in [5, 5.41) is 13.5. The van der Waals surface area contributed by atoms with Crippen LogP contribution in [0.15, 0.2) is 53.9 Å². The SMILES string of the molecule is O=C1NC[C@H](NC2CCN(Cc3ccccc3)CC2)n2nc(-c3cccs3)cc21. The highest BCUT2D eigenvalue weighted by Gasteiger charge is 2.30. The molecule has 3 aromatic rings. The maximum absolute atomic E-state index is 12.3. The van der Waals surface area contributed by atoms with Gasteiger partial charge in [0.15, 0.2) is 0 Å². The van der Waals surface area contributed by atoms with Crippen LogP contribution in [0.2, 0.25) is 0 Å². The van der Waals surface area contributed by atoms with Crippen molar-refractivity contribution in [2.24, 2.45) is 0 Å². The van der Waals surface area contributed by atoms with E-state index in [4.69, 9.17) is 5.10 Å². The molecule has 7 heteroatoms. The van der Waals surface area contributed by atoms with Crippen LogP contribution in [-0.4, -0.2) is 46.3 Å². The van der Waals surface area contributed by atoms with Gasteiger partial charge in [0.2, 0.25) is 0 Å². The van der Waals surface area contributed by atoms with Crippen LogP contribution in [0.3, 0.4) is 0 Å². The smallest absolute Gasteiger partial charge is 0.269 e. The predicted molar refractivity (Wildman–Crippen MR) is 115 cm³/mol. The van der Waals surface area contributed by atoms with Gasteiger partial charge in [0.05, 0.1) is 11.4 Å². The number of thiophene rings is 1. The number of fused-ring (bicyclic) bond motifs is 1. The number of likely N-dealkylation sites (tertiary alicyclic amines) is 1. The molecule has 1 aromatic carbocycles. The summed E-state index contributed by atoms with van der Waals surface area (Å²) in [6.45, 7) is 3.75. The fourth-order valence-corrected chi connectivity index (χ4v) is 4.90. The Balaban J connectivity index is 1.23. The molecule has 5 rings (SSSR count). The number of carbonyl (C=O) groups excluding carboxylic acids is 1. The second-order valence-electron chi connectivity index (χ2n) is 7.77. The number of carbonyl (C=O) groups is 1. The highest BCUT2D eigenvalue weighted by atomic mass is 32.1. The van der Waals surface area contributed by atoms with Crippen LogP contribution >= 0.6 is 11.3 Å². The lowest BCUT2D eigenvalue weighted by atomic mass is 10.0. The molecule has 0 spiro atoms. The normalized spacial score (nSPS) is 20.4. The Hall–Kier alpha value is -2.48. The molecular weight excluding hydrogens is 382 g/mol. The molecule has 4 heterocycles. The molecule has 0 bridgehead atoms. The molecule has 150 valence electrons. The van der Waals surface area contributed by atoms with Crippen molar-refractivity contribution in [1.82, 2.24) is 25.3 Å². The number of rotatable bonds is 5. The first-order chi connectivity index (χ1) is 14.3. The lowest BCUT2D eigenvalue weighted by Gasteiger charge is -2.36. The zero-order valence-corrected chi connectivity index (χ0v) is 17.1. The summed E-state index contributed by atoms with van der Waals surface area (Å²) in [5.41, 5.74) is 2.88. The zero-order chi connectivity index (χ0) is 19.6. The van der Waals surface area contributed by atoms with Crippen molar-refractivity contribution >= 4 is 17.2 Å². The molecule has 0 unspecified atom stereocenters. The number of amides is 1. The summed E-state index contributed by atoms with van der Waals surface area (Å²) >= 11 is 1.64. The quantitative estimate of drug-likeness (QED) is 0.682. The molecule has 6 nitrogen and oxygen atoms in total. The van der Waals surface area contributed by atoms with Crippen molar-refractivity contribution in [3.05, 3.63) is 65.2 Å². The first kappa shape index (κ1) is 18.5. The highest BCUT2D eigenvalue weighted by molar-refractivity contribution is 7.13. The molecule has 1 amide bonds. The second kappa shape index (κ2) is 8.10. The fraction of sp³-hybridized carbons (Fsp3) is 0.364. The van der Waals surface area contributed by atoms with Crippen molar-refractivity contribution in [3.8, 4) is 10.6 Å². The number of hydrogen-bond acceptors (Lipinski definition) is 5. The minimum atomic E-state index is -0.0453. The molecule has 1 saturated heterocycles.